The zero-order valence-electron chi connectivity index (χ0n) is 22.6. The monoisotopic (exact) mass is 579 g/mol. The number of rotatable bonds is 7. The van der Waals surface area contributed by atoms with Gasteiger partial charge in [-0.05, 0) is 44.5 Å². The molecule has 1 fully saturated rings. The highest BCUT2D eigenvalue weighted by Gasteiger charge is 2.64. The van der Waals surface area contributed by atoms with Crippen LogP contribution in [0.1, 0.15) is 17.5 Å². The number of halogens is 1. The Morgan fingerprint density at radius 2 is 1.80 bits per heavy atom. The third kappa shape index (κ3) is 4.20. The maximum absolute atomic E-state index is 14.0. The molecule has 1 amide bonds. The van der Waals surface area contributed by atoms with Gasteiger partial charge in [-0.15, -0.1) is 11.6 Å². The number of hydrazine groups is 1. The first-order valence-electron chi connectivity index (χ1n) is 12.6. The molecule has 40 heavy (non-hydrogen) atoms. The maximum atomic E-state index is 14.0. The van der Waals surface area contributed by atoms with E-state index in [2.05, 4.69) is 0 Å². The number of alkyl halides is 1. The number of amides is 1. The number of aliphatic hydroxyl groups is 4. The molecule has 3 aliphatic carbocycles. The number of Topliss-reactive ketones (excluding diaryl/α,β-unsaturated/α-hetero) is 2. The number of phenols is 1. The van der Waals surface area contributed by atoms with Crippen LogP contribution >= 0.6 is 11.6 Å². The summed E-state index contributed by atoms with van der Waals surface area (Å²) >= 11 is 5.70. The lowest BCUT2D eigenvalue weighted by molar-refractivity contribution is -0.153. The van der Waals surface area contributed by atoms with Crippen molar-refractivity contribution >= 4 is 46.2 Å². The fraction of sp³-hybridized carbons (Fsp3) is 0.500. The van der Waals surface area contributed by atoms with Crippen molar-refractivity contribution in [3.8, 4) is 5.75 Å². The number of likely N-dealkylation sites (N-methyl/N-ethyl adjacent to an activating group) is 1. The average molecular weight is 580 g/mol. The standard InChI is InChI=1S/C26H34ClN5O8/c1-30(2)14-7-15(32(29)9-11(33)8-27)20(34)17-12(14)5-10-6-13-19(31(3)4)22(36)18(25(28)39)24(38)26(13,40)23(37)16(10)21(17)35/h7,10-11,13,19,33-35,38,40H,5-6,8-9,29H2,1-4H3,(H2,28,39)/t10-,11?,13-,19-,26-/m0/s1. The van der Waals surface area contributed by atoms with E-state index in [4.69, 9.17) is 23.2 Å². The number of phenolic OH excluding ortho intramolecular Hbond substituents is 1. The number of hydrogen-bond acceptors (Lipinski definition) is 12. The van der Waals surface area contributed by atoms with Crippen LogP contribution in [0.25, 0.3) is 5.76 Å². The van der Waals surface area contributed by atoms with Crippen molar-refractivity contribution in [2.45, 2.75) is 30.6 Å². The van der Waals surface area contributed by atoms with Crippen LogP contribution in [-0.4, -0.2) is 106 Å². The van der Waals surface area contributed by atoms with E-state index < -0.39 is 69.9 Å². The molecule has 1 saturated carbocycles. The van der Waals surface area contributed by atoms with Crippen molar-refractivity contribution in [3.05, 3.63) is 34.1 Å². The Balaban J connectivity index is 1.97. The van der Waals surface area contributed by atoms with Gasteiger partial charge >= 0.3 is 0 Å². The van der Waals surface area contributed by atoms with Crippen molar-refractivity contribution in [2.75, 3.05) is 50.5 Å². The van der Waals surface area contributed by atoms with Crippen molar-refractivity contribution in [1.29, 1.82) is 0 Å². The van der Waals surface area contributed by atoms with E-state index >= 15 is 0 Å². The minimum Gasteiger partial charge on any atom is -0.508 e. The second kappa shape index (κ2) is 10.2. The number of aromatic hydroxyl groups is 1. The number of ketones is 2. The van der Waals surface area contributed by atoms with Crippen molar-refractivity contribution < 1.29 is 39.9 Å². The molecule has 0 aromatic heterocycles. The lowest BCUT2D eigenvalue weighted by Gasteiger charge is -2.50. The van der Waals surface area contributed by atoms with Crippen LogP contribution < -0.4 is 21.5 Å². The molecule has 0 spiro atoms. The second-order valence-electron chi connectivity index (χ2n) is 10.9. The maximum Gasteiger partial charge on any atom is 0.255 e. The van der Waals surface area contributed by atoms with Gasteiger partial charge in [0, 0.05) is 31.3 Å². The topological polar surface area (TPSA) is 214 Å². The predicted octanol–water partition coefficient (Wildman–Crippen LogP) is -0.690. The Bertz CT molecular complexity index is 1360. The minimum absolute atomic E-state index is 0.0218. The van der Waals surface area contributed by atoms with E-state index in [1.54, 1.807) is 25.1 Å². The Labute approximate surface area is 235 Å². The summed E-state index contributed by atoms with van der Waals surface area (Å²) < 4.78 is 0. The van der Waals surface area contributed by atoms with Gasteiger partial charge in [0.25, 0.3) is 5.91 Å². The van der Waals surface area contributed by atoms with E-state index in [1.165, 1.54) is 19.0 Å². The van der Waals surface area contributed by atoms with E-state index in [0.29, 0.717) is 11.3 Å². The third-order valence-corrected chi connectivity index (χ3v) is 8.41. The van der Waals surface area contributed by atoms with Crippen LogP contribution in [0, 0.1) is 11.8 Å². The zero-order valence-corrected chi connectivity index (χ0v) is 23.3. The molecule has 0 bridgehead atoms. The average Bonchev–Trinajstić information content (AvgIpc) is 2.85. The Kier molecular flexibility index (Phi) is 7.58. The summed E-state index contributed by atoms with van der Waals surface area (Å²) in [4.78, 5) is 42.5. The molecule has 1 unspecified atom stereocenters. The summed E-state index contributed by atoms with van der Waals surface area (Å²) in [7, 11) is 6.55. The normalized spacial score (nSPS) is 26.9. The Morgan fingerprint density at radius 3 is 2.33 bits per heavy atom. The molecule has 13 nitrogen and oxygen atoms in total. The van der Waals surface area contributed by atoms with Gasteiger partial charge in [-0.25, -0.2) is 5.84 Å². The number of nitrogens with zero attached hydrogens (tertiary/aromatic N) is 3. The fourth-order valence-electron chi connectivity index (χ4n) is 6.27. The van der Waals surface area contributed by atoms with Gasteiger partial charge in [-0.1, -0.05) is 0 Å². The molecule has 0 aliphatic heterocycles. The lowest BCUT2D eigenvalue weighted by Crippen LogP contribution is -2.65. The van der Waals surface area contributed by atoms with E-state index in [0.717, 1.165) is 5.01 Å². The molecule has 5 atom stereocenters. The van der Waals surface area contributed by atoms with Gasteiger partial charge in [0.05, 0.1) is 35.8 Å². The third-order valence-electron chi connectivity index (χ3n) is 8.05. The van der Waals surface area contributed by atoms with Gasteiger partial charge < -0.3 is 41.2 Å². The molecular weight excluding hydrogens is 546 g/mol. The summed E-state index contributed by atoms with van der Waals surface area (Å²) in [6, 6.07) is 0.412. The van der Waals surface area contributed by atoms with E-state index in [1.807, 2.05) is 0 Å². The molecule has 0 heterocycles. The zero-order chi connectivity index (χ0) is 30.0. The van der Waals surface area contributed by atoms with Crippen molar-refractivity contribution in [3.63, 3.8) is 0 Å². The first kappa shape index (κ1) is 29.6. The number of fused-ring (bicyclic) bond motifs is 3. The molecule has 9 N–H and O–H groups in total. The fourth-order valence-corrected chi connectivity index (χ4v) is 6.37. The minimum atomic E-state index is -2.73. The smallest absolute Gasteiger partial charge is 0.255 e. The van der Waals surface area contributed by atoms with Crippen molar-refractivity contribution in [2.24, 2.45) is 23.4 Å². The number of benzene rings is 1. The van der Waals surface area contributed by atoms with Gasteiger partial charge in [0.15, 0.2) is 17.1 Å². The molecule has 1 aromatic rings. The molecule has 4 rings (SSSR count). The van der Waals surface area contributed by atoms with E-state index in [9.17, 15) is 39.9 Å². The molecular formula is C26H34ClN5O8. The van der Waals surface area contributed by atoms with Gasteiger partial charge in [0.1, 0.15) is 17.1 Å². The number of aliphatic hydroxyl groups excluding tert-OH is 3. The SMILES string of the molecule is CN(C)c1cc(N(N)CC(O)CCl)c(O)c2c1C[C@H]1C[C@H]3[C@H](N(C)C)C(=O)C(C(N)=O)=C(O)[C@@]3(O)C(=O)C1=C2O. The number of primary amides is 1. The van der Waals surface area contributed by atoms with Crippen LogP contribution in [0.4, 0.5) is 11.4 Å². The summed E-state index contributed by atoms with van der Waals surface area (Å²) in [6.07, 6.45) is -0.920. The molecule has 14 heteroatoms. The second-order valence-corrected chi connectivity index (χ2v) is 11.2. The van der Waals surface area contributed by atoms with Crippen LogP contribution in [0.3, 0.4) is 0 Å². The summed E-state index contributed by atoms with van der Waals surface area (Å²) in [5, 5.41) is 56.5. The molecule has 3 aliphatic rings. The number of hydrogen-bond donors (Lipinski definition) is 7. The number of carbonyl (C=O) groups is 3. The summed E-state index contributed by atoms with van der Waals surface area (Å²) in [5.41, 5.74) is 2.45. The van der Waals surface area contributed by atoms with Crippen LogP contribution in [0.5, 0.6) is 5.75 Å². The number of nitrogens with two attached hydrogens (primary N) is 2. The number of carbonyl (C=O) groups excluding carboxylic acids is 3. The van der Waals surface area contributed by atoms with Crippen LogP contribution in [0.2, 0.25) is 0 Å². The van der Waals surface area contributed by atoms with Gasteiger partial charge in [0.2, 0.25) is 5.78 Å². The summed E-state index contributed by atoms with van der Waals surface area (Å²) in [6.45, 7) is -0.155. The molecule has 218 valence electrons. The highest BCUT2D eigenvalue weighted by molar-refractivity contribution is 6.24. The lowest BCUT2D eigenvalue weighted by atomic mass is 9.57. The van der Waals surface area contributed by atoms with Crippen LogP contribution in [-0.2, 0) is 20.8 Å². The first-order chi connectivity index (χ1) is 18.6. The highest BCUT2D eigenvalue weighted by atomic mass is 35.5. The summed E-state index contributed by atoms with van der Waals surface area (Å²) in [5.74, 6) is -1.36. The van der Waals surface area contributed by atoms with E-state index in [-0.39, 0.29) is 42.1 Å². The van der Waals surface area contributed by atoms with Crippen LogP contribution in [0.15, 0.2) is 23.0 Å². The first-order valence-corrected chi connectivity index (χ1v) is 13.1. The molecule has 0 radical (unpaired) electrons. The highest BCUT2D eigenvalue weighted by Crippen LogP contribution is 2.54. The van der Waals surface area contributed by atoms with Gasteiger partial charge in [-0.2, -0.15) is 0 Å². The van der Waals surface area contributed by atoms with Gasteiger partial charge in [-0.3, -0.25) is 19.3 Å². The molecule has 0 saturated heterocycles. The number of anilines is 2. The Hall–Kier alpha value is -3.36. The Morgan fingerprint density at radius 1 is 1.18 bits per heavy atom. The predicted molar refractivity (Wildman–Crippen MR) is 147 cm³/mol. The largest absolute Gasteiger partial charge is 0.508 e. The van der Waals surface area contributed by atoms with Crippen molar-refractivity contribution in [1.82, 2.24) is 4.90 Å². The quantitative estimate of drug-likeness (QED) is 0.0925. The molecule has 1 aromatic carbocycles.